The number of amides is 1. The summed E-state index contributed by atoms with van der Waals surface area (Å²) in [5, 5.41) is 6.27. The molecule has 2 aliphatic carbocycles. The summed E-state index contributed by atoms with van der Waals surface area (Å²) >= 11 is 0. The summed E-state index contributed by atoms with van der Waals surface area (Å²) in [4.78, 5) is 16.9. The Balaban J connectivity index is 1.73. The van der Waals surface area contributed by atoms with E-state index in [0.717, 1.165) is 17.0 Å². The minimum Gasteiger partial charge on any atom is -0.320 e. The summed E-state index contributed by atoms with van der Waals surface area (Å²) in [6.07, 6.45) is -2.27. The Bertz CT molecular complexity index is 1190. The van der Waals surface area contributed by atoms with Gasteiger partial charge in [0.1, 0.15) is 16.3 Å². The van der Waals surface area contributed by atoms with Gasteiger partial charge in [-0.25, -0.2) is 22.8 Å². The van der Waals surface area contributed by atoms with Crippen LogP contribution in [0.3, 0.4) is 0 Å². The molecule has 2 aliphatic rings. The van der Waals surface area contributed by atoms with Gasteiger partial charge in [0.25, 0.3) is 5.91 Å². The Morgan fingerprint density at radius 2 is 2.03 bits per heavy atom. The fraction of sp³-hybridized carbons (Fsp3) is 0.550. The van der Waals surface area contributed by atoms with Crippen molar-refractivity contribution >= 4 is 21.3 Å². The molecular weight excluding hydrogens is 469 g/mol. The van der Waals surface area contributed by atoms with Gasteiger partial charge in [0, 0.05) is 43.4 Å². The summed E-state index contributed by atoms with van der Waals surface area (Å²) in [5.41, 5.74) is -2.12. The van der Waals surface area contributed by atoms with Gasteiger partial charge in [-0.2, -0.15) is 18.3 Å². The van der Waals surface area contributed by atoms with Crippen LogP contribution in [0.4, 0.5) is 27.6 Å². The number of nitrogens with one attached hydrogen (secondary N) is 2. The van der Waals surface area contributed by atoms with E-state index in [-0.39, 0.29) is 35.8 Å². The average molecular weight is 491 g/mol. The monoisotopic (exact) mass is 491 g/mol. The molecule has 7 nitrogen and oxygen atoms in total. The van der Waals surface area contributed by atoms with Crippen molar-refractivity contribution in [2.75, 3.05) is 11.6 Å². The first kappa shape index (κ1) is 23.6. The van der Waals surface area contributed by atoms with Crippen LogP contribution in [0.15, 0.2) is 23.4 Å². The summed E-state index contributed by atoms with van der Waals surface area (Å²) in [5.74, 6) is -5.04. The molecule has 180 valence electrons. The molecule has 1 unspecified atom stereocenters. The highest BCUT2D eigenvalue weighted by atomic mass is 32.2. The maximum atomic E-state index is 14.0. The molecule has 4 rings (SSSR count). The van der Waals surface area contributed by atoms with E-state index in [2.05, 4.69) is 15.4 Å². The molecule has 33 heavy (non-hydrogen) atoms. The topological polar surface area (TPSA) is 101 Å². The van der Waals surface area contributed by atoms with E-state index in [1.165, 1.54) is 12.3 Å². The van der Waals surface area contributed by atoms with Gasteiger partial charge in [0.15, 0.2) is 0 Å². The smallest absolute Gasteiger partial charge is 0.320 e. The molecule has 0 aliphatic heterocycles. The van der Waals surface area contributed by atoms with Gasteiger partial charge in [-0.15, -0.1) is 0 Å². The molecule has 0 spiro atoms. The lowest BCUT2D eigenvalue weighted by Gasteiger charge is -2.15. The second-order valence-electron chi connectivity index (χ2n) is 8.71. The van der Waals surface area contributed by atoms with Crippen LogP contribution < -0.4 is 5.32 Å². The molecule has 2 aromatic heterocycles. The van der Waals surface area contributed by atoms with E-state index >= 15 is 0 Å². The zero-order chi connectivity index (χ0) is 24.2. The van der Waals surface area contributed by atoms with Crippen molar-refractivity contribution in [1.29, 1.82) is 4.78 Å². The standard InChI is InChI=1S/C20H22F5N5O2S/c1-33(26,32)14-8-13(5-7-27-14)28-18(31)17-15(20(23,24)25)16(12-2-3-12)29-30(17)10-11-4-6-19(21,22)9-11/h5,7-8,11-12,26H,2-4,6,9-10H2,1H3,(H,27,28,31)/t11?,33-/m1/s1. The first-order chi connectivity index (χ1) is 15.2. The molecule has 2 heterocycles. The lowest BCUT2D eigenvalue weighted by Crippen LogP contribution is -2.24. The lowest BCUT2D eigenvalue weighted by molar-refractivity contribution is -0.138. The molecule has 2 aromatic rings. The average Bonchev–Trinajstić information content (AvgIpc) is 3.37. The van der Waals surface area contributed by atoms with Crippen LogP contribution in [0.1, 0.15) is 59.8 Å². The minimum atomic E-state index is -4.87. The second-order valence-corrected chi connectivity index (χ2v) is 10.8. The fourth-order valence-corrected chi connectivity index (χ4v) is 4.71. The third kappa shape index (κ3) is 5.17. The summed E-state index contributed by atoms with van der Waals surface area (Å²) in [7, 11) is -3.22. The normalized spacial score (nSPS) is 22.2. The van der Waals surface area contributed by atoms with Crippen molar-refractivity contribution in [2.45, 2.75) is 61.7 Å². The zero-order valence-corrected chi connectivity index (χ0v) is 18.4. The summed E-state index contributed by atoms with van der Waals surface area (Å²) in [6, 6.07) is 2.44. The van der Waals surface area contributed by atoms with E-state index in [1.807, 2.05) is 0 Å². The Kier molecular flexibility index (Phi) is 5.74. The number of carbonyl (C=O) groups excluding carboxylic acids is 1. The molecule has 2 saturated carbocycles. The highest BCUT2D eigenvalue weighted by molar-refractivity contribution is 7.91. The Morgan fingerprint density at radius 3 is 2.58 bits per heavy atom. The maximum absolute atomic E-state index is 14.0. The van der Waals surface area contributed by atoms with Crippen LogP contribution >= 0.6 is 0 Å². The van der Waals surface area contributed by atoms with Crippen molar-refractivity contribution in [3.05, 3.63) is 35.3 Å². The fourth-order valence-electron chi connectivity index (χ4n) is 4.10. The molecule has 0 aromatic carbocycles. The highest BCUT2D eigenvalue weighted by Gasteiger charge is 2.47. The Morgan fingerprint density at radius 1 is 1.33 bits per heavy atom. The number of carbonyl (C=O) groups is 1. The molecule has 0 radical (unpaired) electrons. The van der Waals surface area contributed by atoms with E-state index < -0.39 is 57.2 Å². The predicted octanol–water partition coefficient (Wildman–Crippen LogP) is 4.90. The Labute approximate surface area is 186 Å². The van der Waals surface area contributed by atoms with Gasteiger partial charge in [0.05, 0.1) is 15.4 Å². The number of hydrogen-bond donors (Lipinski definition) is 2. The number of rotatable bonds is 6. The molecule has 2 N–H and O–H groups in total. The number of hydrogen-bond acceptors (Lipinski definition) is 5. The van der Waals surface area contributed by atoms with Crippen LogP contribution in [0.5, 0.6) is 0 Å². The molecular formula is C20H22F5N5O2S. The molecule has 2 atom stereocenters. The van der Waals surface area contributed by atoms with Gasteiger partial charge < -0.3 is 5.32 Å². The van der Waals surface area contributed by atoms with Crippen LogP contribution in [0, 0.1) is 10.7 Å². The Hall–Kier alpha value is -2.57. The lowest BCUT2D eigenvalue weighted by atomic mass is 10.1. The number of nitrogens with zero attached hydrogens (tertiary/aromatic N) is 3. The quantitative estimate of drug-likeness (QED) is 0.562. The molecule has 0 saturated heterocycles. The number of anilines is 1. The summed E-state index contributed by atoms with van der Waals surface area (Å²) in [6.45, 7) is -0.231. The van der Waals surface area contributed by atoms with Crippen LogP contribution in [-0.4, -0.2) is 37.1 Å². The first-order valence-corrected chi connectivity index (χ1v) is 12.3. The van der Waals surface area contributed by atoms with E-state index in [1.54, 1.807) is 0 Å². The second kappa shape index (κ2) is 8.03. The van der Waals surface area contributed by atoms with E-state index in [0.29, 0.717) is 12.8 Å². The van der Waals surface area contributed by atoms with Gasteiger partial charge in [0.2, 0.25) is 5.92 Å². The third-order valence-corrected chi connectivity index (χ3v) is 6.79. The van der Waals surface area contributed by atoms with Crippen molar-refractivity contribution in [1.82, 2.24) is 14.8 Å². The maximum Gasteiger partial charge on any atom is 0.420 e. The largest absolute Gasteiger partial charge is 0.420 e. The number of pyridine rings is 1. The van der Waals surface area contributed by atoms with Gasteiger partial charge in [-0.1, -0.05) is 0 Å². The SMILES string of the molecule is C[S@@](=N)(=O)c1cc(NC(=O)c2c(C(F)(F)F)c(C3CC3)nn2CC2CCC(F)(F)C2)ccn1. The third-order valence-electron chi connectivity index (χ3n) is 5.77. The molecule has 2 fully saturated rings. The summed E-state index contributed by atoms with van der Waals surface area (Å²) < 4.78 is 89.9. The molecule has 13 heteroatoms. The van der Waals surface area contributed by atoms with E-state index in [9.17, 15) is 31.0 Å². The van der Waals surface area contributed by atoms with Crippen LogP contribution in [-0.2, 0) is 22.5 Å². The first-order valence-electron chi connectivity index (χ1n) is 10.3. The van der Waals surface area contributed by atoms with Gasteiger partial charge >= 0.3 is 6.18 Å². The predicted molar refractivity (Wildman–Crippen MR) is 109 cm³/mol. The molecule has 0 bridgehead atoms. The van der Waals surface area contributed by atoms with Gasteiger partial charge in [-0.3, -0.25) is 9.48 Å². The highest BCUT2D eigenvalue weighted by Crippen LogP contribution is 2.47. The van der Waals surface area contributed by atoms with Gasteiger partial charge in [-0.05, 0) is 37.3 Å². The van der Waals surface area contributed by atoms with Crippen molar-refractivity contribution < 1.29 is 31.0 Å². The minimum absolute atomic E-state index is 0.00747. The van der Waals surface area contributed by atoms with Crippen molar-refractivity contribution in [3.63, 3.8) is 0 Å². The van der Waals surface area contributed by atoms with Crippen molar-refractivity contribution in [2.24, 2.45) is 5.92 Å². The van der Waals surface area contributed by atoms with Crippen LogP contribution in [0.2, 0.25) is 0 Å². The number of halogens is 5. The molecule has 1 amide bonds. The zero-order valence-electron chi connectivity index (χ0n) is 17.6. The number of aromatic nitrogens is 3. The number of alkyl halides is 5. The van der Waals surface area contributed by atoms with E-state index in [4.69, 9.17) is 4.78 Å². The van der Waals surface area contributed by atoms with Crippen molar-refractivity contribution in [3.8, 4) is 0 Å². The van der Waals surface area contributed by atoms with Crippen LogP contribution in [0.25, 0.3) is 0 Å².